The Bertz CT molecular complexity index is 510. The highest BCUT2D eigenvalue weighted by atomic mass is 79.9. The van der Waals surface area contributed by atoms with E-state index in [0.717, 1.165) is 0 Å². The van der Waals surface area contributed by atoms with Crippen LogP contribution in [0.5, 0.6) is 0 Å². The quantitative estimate of drug-likeness (QED) is 0.533. The van der Waals surface area contributed by atoms with Gasteiger partial charge in [-0.1, -0.05) is 15.9 Å². The van der Waals surface area contributed by atoms with Crippen molar-refractivity contribution in [1.82, 2.24) is 0 Å². The molecule has 0 unspecified atom stereocenters. The first kappa shape index (κ1) is 18.1. The van der Waals surface area contributed by atoms with Gasteiger partial charge in [-0.15, -0.1) is 0 Å². The summed E-state index contributed by atoms with van der Waals surface area (Å²) in [5, 5.41) is 0. The molecule has 0 N–H and O–H groups in total. The molecule has 0 bridgehead atoms. The summed E-state index contributed by atoms with van der Waals surface area (Å²) in [6.07, 6.45) is -18.2. The number of benzene rings is 1. The van der Waals surface area contributed by atoms with Crippen LogP contribution in [0.4, 0.5) is 43.9 Å². The lowest BCUT2D eigenvalue weighted by Crippen LogP contribution is -2.50. The summed E-state index contributed by atoms with van der Waals surface area (Å²) in [5.74, 6) is 0. The Hall–Kier alpha value is -1.00. The first-order valence-electron chi connectivity index (χ1n) is 4.81. The van der Waals surface area contributed by atoms with E-state index in [1.165, 1.54) is 0 Å². The third-order valence-corrected chi connectivity index (χ3v) is 2.86. The number of hydrogen-bond acceptors (Lipinski definition) is 0. The molecule has 0 radical (unpaired) electrons. The molecule has 0 saturated heterocycles. The molecule has 0 aliphatic carbocycles. The van der Waals surface area contributed by atoms with Crippen LogP contribution in [0, 0.1) is 0 Å². The smallest absolute Gasteiger partial charge is 0.218 e. The van der Waals surface area contributed by atoms with Gasteiger partial charge >= 0.3 is 24.2 Å². The van der Waals surface area contributed by atoms with Crippen LogP contribution in [0.3, 0.4) is 0 Å². The molecule has 1 aromatic rings. The number of rotatable bonds is 1. The molecule has 120 valence electrons. The van der Waals surface area contributed by atoms with Crippen LogP contribution in [0.1, 0.15) is 11.1 Å². The fourth-order valence-corrected chi connectivity index (χ4v) is 1.93. The molecule has 0 aromatic heterocycles. The Morgan fingerprint density at radius 2 is 1.00 bits per heavy atom. The normalized spacial score (nSPS) is 14.4. The fourth-order valence-electron chi connectivity index (χ4n) is 1.44. The Kier molecular flexibility index (Phi) is 4.32. The van der Waals surface area contributed by atoms with Gasteiger partial charge < -0.3 is 0 Å². The highest BCUT2D eigenvalue weighted by molar-refractivity contribution is 9.10. The van der Waals surface area contributed by atoms with E-state index >= 15 is 0 Å². The highest BCUT2D eigenvalue weighted by Crippen LogP contribution is 2.54. The van der Waals surface area contributed by atoms with Gasteiger partial charge in [-0.3, -0.25) is 0 Å². The van der Waals surface area contributed by atoms with E-state index in [1.54, 1.807) is 0 Å². The average Bonchev–Trinajstić information content (AvgIpc) is 2.22. The van der Waals surface area contributed by atoms with Gasteiger partial charge in [-0.25, -0.2) is 4.39 Å². The van der Waals surface area contributed by atoms with Gasteiger partial charge in [0.2, 0.25) is 0 Å². The van der Waals surface area contributed by atoms with Crippen molar-refractivity contribution in [3.05, 3.63) is 33.8 Å². The zero-order valence-corrected chi connectivity index (χ0v) is 11.0. The first-order valence-corrected chi connectivity index (χ1v) is 5.60. The van der Waals surface area contributed by atoms with E-state index in [4.69, 9.17) is 0 Å². The van der Waals surface area contributed by atoms with Crippen molar-refractivity contribution in [1.29, 1.82) is 0 Å². The maximum absolute atomic E-state index is 13.6. The molecule has 21 heavy (non-hydrogen) atoms. The van der Waals surface area contributed by atoms with Crippen LogP contribution in [0.25, 0.3) is 0 Å². The van der Waals surface area contributed by atoms with Gasteiger partial charge in [-0.05, 0) is 18.2 Å². The summed E-state index contributed by atoms with van der Waals surface area (Å²) in [6, 6.07) is -0.293. The van der Waals surface area contributed by atoms with E-state index < -0.39 is 45.9 Å². The maximum Gasteiger partial charge on any atom is 0.435 e. The van der Waals surface area contributed by atoms with E-state index in [-0.39, 0.29) is 12.1 Å². The molecule has 0 aliphatic rings. The highest BCUT2D eigenvalue weighted by Gasteiger charge is 2.73. The van der Waals surface area contributed by atoms with Crippen LogP contribution in [0.2, 0.25) is 0 Å². The van der Waals surface area contributed by atoms with E-state index in [2.05, 4.69) is 15.9 Å². The Morgan fingerprint density at radius 1 is 0.619 bits per heavy atom. The molecule has 1 aromatic carbocycles. The van der Waals surface area contributed by atoms with Gasteiger partial charge in [0.15, 0.2) is 0 Å². The molecule has 0 heterocycles. The lowest BCUT2D eigenvalue weighted by Gasteiger charge is -2.30. The summed E-state index contributed by atoms with van der Waals surface area (Å²) < 4.78 is 125. The topological polar surface area (TPSA) is 0 Å². The summed E-state index contributed by atoms with van der Waals surface area (Å²) in [6.45, 7) is 0. The van der Waals surface area contributed by atoms with Crippen molar-refractivity contribution in [3.63, 3.8) is 0 Å². The molecule has 0 aliphatic heterocycles. The number of alkyl halides is 10. The zero-order valence-electron chi connectivity index (χ0n) is 9.39. The van der Waals surface area contributed by atoms with Gasteiger partial charge in [0.25, 0.3) is 0 Å². The van der Waals surface area contributed by atoms with Crippen LogP contribution in [-0.4, -0.2) is 12.4 Å². The lowest BCUT2D eigenvalue weighted by molar-refractivity contribution is -0.348. The molecule has 0 saturated carbocycles. The SMILES string of the molecule is FC(F)(F)c1cc(Br)cc(C(F)(C(F)(F)F)C(F)(F)F)c1. The van der Waals surface area contributed by atoms with Crippen LogP contribution < -0.4 is 0 Å². The van der Waals surface area contributed by atoms with Crippen molar-refractivity contribution in [2.75, 3.05) is 0 Å². The third kappa shape index (κ3) is 3.27. The summed E-state index contributed by atoms with van der Waals surface area (Å²) >= 11 is 2.33. The second kappa shape index (κ2) is 5.03. The molecule has 0 atom stereocenters. The number of hydrogen-bond donors (Lipinski definition) is 0. The Labute approximate surface area is 118 Å². The van der Waals surface area contributed by atoms with Gasteiger partial charge in [0.05, 0.1) is 5.56 Å². The molecule has 0 nitrogen and oxygen atoms in total. The Balaban J connectivity index is 3.66. The third-order valence-electron chi connectivity index (χ3n) is 2.40. The van der Waals surface area contributed by atoms with Gasteiger partial charge in [0.1, 0.15) is 0 Å². The first-order chi connectivity index (χ1) is 9.10. The van der Waals surface area contributed by atoms with Gasteiger partial charge in [-0.2, -0.15) is 39.5 Å². The van der Waals surface area contributed by atoms with E-state index in [1.807, 2.05) is 0 Å². The Morgan fingerprint density at radius 3 is 1.33 bits per heavy atom. The minimum Gasteiger partial charge on any atom is -0.218 e. The number of halogens is 11. The average molecular weight is 393 g/mol. The zero-order chi connectivity index (χ0) is 16.9. The molecule has 0 amide bonds. The lowest BCUT2D eigenvalue weighted by atomic mass is 9.92. The standard InChI is InChI=1S/C10H3BrF10/c11-6-2-4(1-5(3-6)8(13,14)15)7(12,9(16,17)18)10(19,20)21/h1-3H. The van der Waals surface area contributed by atoms with Crippen molar-refractivity contribution in [2.24, 2.45) is 0 Å². The molecular formula is C10H3BrF10. The second-order valence-electron chi connectivity index (χ2n) is 3.88. The predicted octanol–water partition coefficient (Wildman–Crippen LogP) is 5.76. The predicted molar refractivity (Wildman–Crippen MR) is 54.0 cm³/mol. The van der Waals surface area contributed by atoms with Gasteiger partial charge in [0, 0.05) is 10.0 Å². The molecule has 0 spiro atoms. The molecule has 1 rings (SSSR count). The summed E-state index contributed by atoms with van der Waals surface area (Å²) in [4.78, 5) is 0. The fraction of sp³-hybridized carbons (Fsp3) is 0.400. The minimum atomic E-state index is -6.48. The van der Waals surface area contributed by atoms with E-state index in [9.17, 15) is 43.9 Å². The summed E-state index contributed by atoms with van der Waals surface area (Å²) in [5.41, 5.74) is -9.96. The summed E-state index contributed by atoms with van der Waals surface area (Å²) in [7, 11) is 0. The van der Waals surface area contributed by atoms with Crippen molar-refractivity contribution >= 4 is 15.9 Å². The molecule has 11 heteroatoms. The van der Waals surface area contributed by atoms with Crippen LogP contribution >= 0.6 is 15.9 Å². The van der Waals surface area contributed by atoms with Crippen molar-refractivity contribution in [3.8, 4) is 0 Å². The second-order valence-corrected chi connectivity index (χ2v) is 4.80. The minimum absolute atomic E-state index is 0.00375. The molecule has 0 fully saturated rings. The van der Waals surface area contributed by atoms with Crippen molar-refractivity contribution in [2.45, 2.75) is 24.2 Å². The monoisotopic (exact) mass is 392 g/mol. The molecular weight excluding hydrogens is 390 g/mol. The van der Waals surface area contributed by atoms with Crippen molar-refractivity contribution < 1.29 is 43.9 Å². The van der Waals surface area contributed by atoms with Crippen LogP contribution in [0.15, 0.2) is 22.7 Å². The maximum atomic E-state index is 13.6. The van der Waals surface area contributed by atoms with Crippen LogP contribution in [-0.2, 0) is 11.8 Å². The largest absolute Gasteiger partial charge is 0.435 e. The van der Waals surface area contributed by atoms with E-state index in [0.29, 0.717) is 0 Å².